The first-order valence-corrected chi connectivity index (χ1v) is 11.0. The molecule has 1 aromatic heterocycles. The molecule has 5 rings (SSSR count). The van der Waals surface area contributed by atoms with Gasteiger partial charge in [-0.3, -0.25) is 9.59 Å². The van der Waals surface area contributed by atoms with Crippen LogP contribution in [-0.2, 0) is 22.6 Å². The fourth-order valence-corrected chi connectivity index (χ4v) is 5.02. The molecule has 0 saturated carbocycles. The highest BCUT2D eigenvalue weighted by molar-refractivity contribution is 6.00. The van der Waals surface area contributed by atoms with Crippen molar-refractivity contribution in [3.8, 4) is 0 Å². The van der Waals surface area contributed by atoms with Gasteiger partial charge in [-0.15, -0.1) is 0 Å². The van der Waals surface area contributed by atoms with Crippen molar-refractivity contribution < 1.29 is 9.59 Å². The summed E-state index contributed by atoms with van der Waals surface area (Å²) in [6.45, 7) is 2.07. The average molecular weight is 417 g/mol. The number of nitrogens with one attached hydrogen (secondary N) is 2. The molecular weight excluding hydrogens is 388 g/mol. The average Bonchev–Trinajstić information content (AvgIpc) is 3.20. The Morgan fingerprint density at radius 2 is 1.71 bits per heavy atom. The molecule has 1 atom stereocenters. The topological polar surface area (TPSA) is 68.4 Å². The van der Waals surface area contributed by atoms with Crippen LogP contribution in [0.5, 0.6) is 0 Å². The molecule has 3 aromatic rings. The number of rotatable bonds is 4. The quantitative estimate of drug-likeness (QED) is 0.687. The first-order valence-electron chi connectivity index (χ1n) is 11.0. The fraction of sp³-hybridized carbons (Fsp3) is 0.360. The molecule has 0 bridgehead atoms. The van der Waals surface area contributed by atoms with Crippen molar-refractivity contribution in [3.05, 3.63) is 71.9 Å². The first kappa shape index (κ1) is 19.8. The maximum absolute atomic E-state index is 13.8. The summed E-state index contributed by atoms with van der Waals surface area (Å²) in [5, 5.41) is 4.19. The molecule has 2 aliphatic heterocycles. The highest BCUT2D eigenvalue weighted by atomic mass is 16.2. The number of fused-ring (bicyclic) bond motifs is 1. The number of likely N-dealkylation sites (tertiary alicyclic amines) is 1. The maximum Gasteiger partial charge on any atom is 0.246 e. The molecule has 1 spiro atoms. The number of hydrogen-bond donors (Lipinski definition) is 2. The number of carbonyl (C=O) groups is 2. The molecule has 0 aliphatic carbocycles. The zero-order valence-corrected chi connectivity index (χ0v) is 17.8. The van der Waals surface area contributed by atoms with Crippen LogP contribution in [0.25, 0.3) is 10.9 Å². The van der Waals surface area contributed by atoms with Crippen LogP contribution in [0.3, 0.4) is 0 Å². The number of piperidine rings is 1. The second-order valence-electron chi connectivity index (χ2n) is 8.83. The van der Waals surface area contributed by atoms with Gasteiger partial charge in [0.05, 0.1) is 0 Å². The van der Waals surface area contributed by atoms with E-state index in [1.54, 1.807) is 0 Å². The lowest BCUT2D eigenvalue weighted by molar-refractivity contribution is -0.162. The molecule has 0 radical (unpaired) electrons. The van der Waals surface area contributed by atoms with E-state index < -0.39 is 11.6 Å². The summed E-state index contributed by atoms with van der Waals surface area (Å²) in [6, 6.07) is 17.5. The number of hydrogen-bond acceptors (Lipinski definition) is 3. The number of H-pyrrole nitrogens is 1. The predicted octanol–water partition coefficient (Wildman–Crippen LogP) is 2.70. The molecule has 2 saturated heterocycles. The van der Waals surface area contributed by atoms with Gasteiger partial charge in [0.15, 0.2) is 0 Å². The van der Waals surface area contributed by atoms with E-state index in [9.17, 15) is 9.59 Å². The maximum atomic E-state index is 13.8. The van der Waals surface area contributed by atoms with E-state index in [1.807, 2.05) is 59.6 Å². The minimum atomic E-state index is -0.768. The van der Waals surface area contributed by atoms with Gasteiger partial charge in [0.25, 0.3) is 0 Å². The molecule has 3 heterocycles. The minimum absolute atomic E-state index is 0.0123. The number of carbonyl (C=O) groups excluding carboxylic acids is 2. The highest BCUT2D eigenvalue weighted by Gasteiger charge is 2.53. The van der Waals surface area contributed by atoms with Gasteiger partial charge in [-0.25, -0.2) is 0 Å². The fourth-order valence-electron chi connectivity index (χ4n) is 5.02. The molecule has 31 heavy (non-hydrogen) atoms. The van der Waals surface area contributed by atoms with E-state index in [1.165, 1.54) is 0 Å². The molecule has 2 aliphatic rings. The van der Waals surface area contributed by atoms with Crippen LogP contribution in [0.2, 0.25) is 0 Å². The number of aromatic amines is 1. The largest absolute Gasteiger partial charge is 0.361 e. The molecule has 1 unspecified atom stereocenters. The van der Waals surface area contributed by atoms with Gasteiger partial charge < -0.3 is 20.1 Å². The molecule has 6 heteroatoms. The van der Waals surface area contributed by atoms with E-state index in [-0.39, 0.29) is 11.8 Å². The summed E-state index contributed by atoms with van der Waals surface area (Å²) in [4.78, 5) is 34.6. The summed E-state index contributed by atoms with van der Waals surface area (Å²) < 4.78 is 0. The predicted molar refractivity (Wildman–Crippen MR) is 120 cm³/mol. The zero-order chi connectivity index (χ0) is 21.4. The van der Waals surface area contributed by atoms with E-state index in [2.05, 4.69) is 28.3 Å². The van der Waals surface area contributed by atoms with Crippen LogP contribution in [0, 0.1) is 0 Å². The Hall–Kier alpha value is -3.12. The molecule has 2 fully saturated rings. The Kier molecular flexibility index (Phi) is 5.02. The second-order valence-corrected chi connectivity index (χ2v) is 8.83. The van der Waals surface area contributed by atoms with Gasteiger partial charge in [-0.05, 0) is 37.1 Å². The summed E-state index contributed by atoms with van der Waals surface area (Å²) in [5.74, 6) is -0.000686. The van der Waals surface area contributed by atoms with Crippen LogP contribution < -0.4 is 5.32 Å². The van der Waals surface area contributed by atoms with Crippen LogP contribution in [-0.4, -0.2) is 58.3 Å². The smallest absolute Gasteiger partial charge is 0.246 e. The van der Waals surface area contributed by atoms with Crippen molar-refractivity contribution >= 4 is 22.7 Å². The van der Waals surface area contributed by atoms with E-state index in [0.29, 0.717) is 25.8 Å². The van der Waals surface area contributed by atoms with Crippen LogP contribution in [0.15, 0.2) is 60.8 Å². The Morgan fingerprint density at radius 1 is 1.00 bits per heavy atom. The monoisotopic (exact) mass is 416 g/mol. The Bertz CT molecular complexity index is 1100. The van der Waals surface area contributed by atoms with Gasteiger partial charge in [-0.1, -0.05) is 48.5 Å². The molecule has 160 valence electrons. The van der Waals surface area contributed by atoms with Crippen molar-refractivity contribution in [1.29, 1.82) is 0 Å². The third-order valence-electron chi connectivity index (χ3n) is 6.91. The van der Waals surface area contributed by atoms with E-state index >= 15 is 0 Å². The Balaban J connectivity index is 1.47. The third-order valence-corrected chi connectivity index (χ3v) is 6.91. The SMILES string of the molecule is CN1CCC2(CC1)C(=O)NC(Cc1c[nH]c3ccccc13)C(=O)N2Cc1ccccc1. The first-order chi connectivity index (χ1) is 15.1. The van der Waals surface area contributed by atoms with E-state index in [4.69, 9.17) is 0 Å². The second kappa shape index (κ2) is 7.85. The van der Waals surface area contributed by atoms with Crippen LogP contribution in [0.1, 0.15) is 24.0 Å². The lowest BCUT2D eigenvalue weighted by Crippen LogP contribution is -2.72. The molecule has 2 amide bonds. The van der Waals surface area contributed by atoms with Gasteiger partial charge in [0.2, 0.25) is 11.8 Å². The number of piperazine rings is 1. The van der Waals surface area contributed by atoms with Crippen LogP contribution in [0.4, 0.5) is 0 Å². The van der Waals surface area contributed by atoms with Crippen LogP contribution >= 0.6 is 0 Å². The van der Waals surface area contributed by atoms with Gasteiger partial charge in [-0.2, -0.15) is 0 Å². The lowest BCUT2D eigenvalue weighted by atomic mass is 9.81. The van der Waals surface area contributed by atoms with E-state index in [0.717, 1.165) is 35.1 Å². The highest BCUT2D eigenvalue weighted by Crippen LogP contribution is 2.35. The lowest BCUT2D eigenvalue weighted by Gasteiger charge is -2.51. The summed E-state index contributed by atoms with van der Waals surface area (Å²) >= 11 is 0. The third kappa shape index (κ3) is 3.51. The van der Waals surface area contributed by atoms with Crippen molar-refractivity contribution in [3.63, 3.8) is 0 Å². The molecular formula is C25H28N4O2. The summed E-state index contributed by atoms with van der Waals surface area (Å²) in [7, 11) is 2.07. The number of amides is 2. The van der Waals surface area contributed by atoms with Crippen molar-refractivity contribution in [2.75, 3.05) is 20.1 Å². The zero-order valence-electron chi connectivity index (χ0n) is 17.8. The van der Waals surface area contributed by atoms with Gasteiger partial charge in [0, 0.05) is 43.2 Å². The van der Waals surface area contributed by atoms with Crippen molar-refractivity contribution in [2.24, 2.45) is 0 Å². The Morgan fingerprint density at radius 3 is 2.48 bits per heavy atom. The number of benzene rings is 2. The standard InChI is InChI=1S/C25H28N4O2/c1-28-13-11-25(12-14-28)24(31)27-22(15-19-16-26-21-10-6-5-9-20(19)21)23(30)29(25)17-18-7-3-2-4-8-18/h2-10,16,22,26H,11-15,17H2,1H3,(H,27,31). The summed E-state index contributed by atoms with van der Waals surface area (Å²) in [5.41, 5.74) is 2.37. The van der Waals surface area contributed by atoms with Gasteiger partial charge in [0.1, 0.15) is 11.6 Å². The van der Waals surface area contributed by atoms with Crippen molar-refractivity contribution in [2.45, 2.75) is 37.4 Å². The molecule has 6 nitrogen and oxygen atoms in total. The van der Waals surface area contributed by atoms with Gasteiger partial charge >= 0.3 is 0 Å². The number of para-hydroxylation sites is 1. The van der Waals surface area contributed by atoms with Crippen molar-refractivity contribution in [1.82, 2.24) is 20.1 Å². The Labute approximate surface area is 182 Å². The number of nitrogens with zero attached hydrogens (tertiary/aromatic N) is 2. The molecule has 2 aromatic carbocycles. The normalized spacial score (nSPS) is 21.6. The summed E-state index contributed by atoms with van der Waals surface area (Å²) in [6.07, 6.45) is 3.75. The number of aromatic nitrogens is 1. The minimum Gasteiger partial charge on any atom is -0.361 e. The molecule has 2 N–H and O–H groups in total.